The van der Waals surface area contributed by atoms with E-state index in [-0.39, 0.29) is 6.04 Å². The first-order valence-electron chi connectivity index (χ1n) is 4.56. The second kappa shape index (κ2) is 3.93. The number of hydrogen-bond donors (Lipinski definition) is 2. The van der Waals surface area contributed by atoms with Crippen molar-refractivity contribution in [2.45, 2.75) is 44.2 Å². The van der Waals surface area contributed by atoms with E-state index in [1.54, 1.807) is 0 Å². The number of terminal acetylenes is 1. The minimum absolute atomic E-state index is 0.242. The Morgan fingerprint density at radius 2 is 2.50 bits per heavy atom. The van der Waals surface area contributed by atoms with Gasteiger partial charge in [0, 0.05) is 19.0 Å². The fourth-order valence-electron chi connectivity index (χ4n) is 1.79. The van der Waals surface area contributed by atoms with Crippen molar-refractivity contribution in [2.24, 2.45) is 0 Å². The van der Waals surface area contributed by atoms with Gasteiger partial charge < -0.3 is 10.4 Å². The molecule has 2 heteroatoms. The van der Waals surface area contributed by atoms with E-state index in [1.165, 1.54) is 0 Å². The summed E-state index contributed by atoms with van der Waals surface area (Å²) in [6.07, 6.45) is 8.95. The average molecular weight is 167 g/mol. The number of hydrogen-bond acceptors (Lipinski definition) is 2. The highest BCUT2D eigenvalue weighted by Gasteiger charge is 2.35. The van der Waals surface area contributed by atoms with Crippen LogP contribution in [0, 0.1) is 12.3 Å². The Morgan fingerprint density at radius 3 is 3.00 bits per heavy atom. The fourth-order valence-corrected chi connectivity index (χ4v) is 1.79. The third-order valence-corrected chi connectivity index (χ3v) is 2.59. The summed E-state index contributed by atoms with van der Waals surface area (Å²) in [7, 11) is 0. The highest BCUT2D eigenvalue weighted by atomic mass is 16.3. The smallest absolute Gasteiger partial charge is 0.0772 e. The molecule has 0 aromatic heterocycles. The molecule has 12 heavy (non-hydrogen) atoms. The Kier molecular flexibility index (Phi) is 3.13. The van der Waals surface area contributed by atoms with Crippen LogP contribution < -0.4 is 5.32 Å². The molecule has 1 rings (SSSR count). The zero-order chi connectivity index (χ0) is 9.03. The molecule has 0 aromatic carbocycles. The molecule has 0 spiro atoms. The van der Waals surface area contributed by atoms with Gasteiger partial charge in [0.25, 0.3) is 0 Å². The van der Waals surface area contributed by atoms with Crippen LogP contribution in [0.1, 0.15) is 32.6 Å². The number of rotatable bonds is 3. The van der Waals surface area contributed by atoms with Crippen molar-refractivity contribution in [3.8, 4) is 12.3 Å². The first kappa shape index (κ1) is 9.57. The Labute approximate surface area is 74.4 Å². The van der Waals surface area contributed by atoms with E-state index in [2.05, 4.69) is 11.2 Å². The van der Waals surface area contributed by atoms with Crippen molar-refractivity contribution in [2.75, 3.05) is 6.54 Å². The summed E-state index contributed by atoms with van der Waals surface area (Å²) in [5.41, 5.74) is -0.519. The number of aliphatic hydroxyl groups is 1. The lowest BCUT2D eigenvalue weighted by molar-refractivity contribution is 0.0397. The molecule has 0 heterocycles. The van der Waals surface area contributed by atoms with Gasteiger partial charge in [-0.05, 0) is 26.2 Å². The predicted octanol–water partition coefficient (Wildman–Crippen LogP) is 0.903. The van der Waals surface area contributed by atoms with E-state index in [0.29, 0.717) is 0 Å². The summed E-state index contributed by atoms with van der Waals surface area (Å²) in [6, 6.07) is 0.242. The van der Waals surface area contributed by atoms with Gasteiger partial charge in [-0.2, -0.15) is 0 Å². The maximum atomic E-state index is 9.84. The summed E-state index contributed by atoms with van der Waals surface area (Å²) in [5.74, 6) is 2.57. The maximum Gasteiger partial charge on any atom is 0.0772 e. The van der Waals surface area contributed by atoms with Crippen LogP contribution in [0.25, 0.3) is 0 Å². The van der Waals surface area contributed by atoms with Gasteiger partial charge in [0.2, 0.25) is 0 Å². The van der Waals surface area contributed by atoms with Crippen molar-refractivity contribution < 1.29 is 5.11 Å². The average Bonchev–Trinajstić information content (AvgIpc) is 2.32. The Morgan fingerprint density at radius 1 is 1.75 bits per heavy atom. The zero-order valence-electron chi connectivity index (χ0n) is 7.64. The molecule has 2 nitrogen and oxygen atoms in total. The molecule has 0 radical (unpaired) electrons. The predicted molar refractivity (Wildman–Crippen MR) is 49.7 cm³/mol. The van der Waals surface area contributed by atoms with Crippen molar-refractivity contribution >= 4 is 0 Å². The first-order valence-corrected chi connectivity index (χ1v) is 4.56. The minimum atomic E-state index is -0.519. The largest absolute Gasteiger partial charge is 0.389 e. The van der Waals surface area contributed by atoms with Crippen LogP contribution in [0.2, 0.25) is 0 Å². The first-order chi connectivity index (χ1) is 5.67. The van der Waals surface area contributed by atoms with E-state index in [4.69, 9.17) is 6.42 Å². The topological polar surface area (TPSA) is 32.3 Å². The zero-order valence-corrected chi connectivity index (χ0v) is 7.64. The van der Waals surface area contributed by atoms with E-state index >= 15 is 0 Å². The van der Waals surface area contributed by atoms with Crippen LogP contribution in [0.4, 0.5) is 0 Å². The molecular weight excluding hydrogens is 150 g/mol. The quantitative estimate of drug-likeness (QED) is 0.483. The monoisotopic (exact) mass is 167 g/mol. The third-order valence-electron chi connectivity index (χ3n) is 2.59. The molecule has 1 aliphatic carbocycles. The van der Waals surface area contributed by atoms with E-state index in [9.17, 15) is 5.11 Å². The molecule has 1 fully saturated rings. The van der Waals surface area contributed by atoms with E-state index in [1.807, 2.05) is 6.92 Å². The summed E-state index contributed by atoms with van der Waals surface area (Å²) in [4.78, 5) is 0. The van der Waals surface area contributed by atoms with Crippen LogP contribution in [-0.4, -0.2) is 23.3 Å². The van der Waals surface area contributed by atoms with Crippen LogP contribution in [0.15, 0.2) is 0 Å². The second-order valence-electron chi connectivity index (χ2n) is 3.71. The van der Waals surface area contributed by atoms with Crippen molar-refractivity contribution in [1.82, 2.24) is 5.32 Å². The van der Waals surface area contributed by atoms with Gasteiger partial charge >= 0.3 is 0 Å². The Bertz CT molecular complexity index is 181. The van der Waals surface area contributed by atoms with Crippen LogP contribution in [0.3, 0.4) is 0 Å². The summed E-state index contributed by atoms with van der Waals surface area (Å²) in [5, 5.41) is 13.1. The molecule has 2 N–H and O–H groups in total. The van der Waals surface area contributed by atoms with Gasteiger partial charge in [-0.3, -0.25) is 0 Å². The Balaban J connectivity index is 2.28. The molecule has 68 valence electrons. The standard InChI is InChI=1S/C10H17NO/c1-3-4-8-11-9-6-5-7-10(9,2)12/h1,9,11-12H,4-8H2,2H3. The molecule has 0 aliphatic heterocycles. The lowest BCUT2D eigenvalue weighted by atomic mass is 10.0. The molecular formula is C10H17NO. The fraction of sp³-hybridized carbons (Fsp3) is 0.800. The SMILES string of the molecule is C#CCCNC1CCCC1(C)O. The van der Waals surface area contributed by atoms with E-state index < -0.39 is 5.60 Å². The van der Waals surface area contributed by atoms with Crippen LogP contribution in [-0.2, 0) is 0 Å². The summed E-state index contributed by atoms with van der Waals surface area (Å²) >= 11 is 0. The van der Waals surface area contributed by atoms with Gasteiger partial charge in [0.15, 0.2) is 0 Å². The van der Waals surface area contributed by atoms with Crippen molar-refractivity contribution in [1.29, 1.82) is 0 Å². The second-order valence-corrected chi connectivity index (χ2v) is 3.71. The molecule has 2 unspecified atom stereocenters. The molecule has 1 aliphatic rings. The highest BCUT2D eigenvalue weighted by molar-refractivity contribution is 4.94. The molecule has 0 saturated heterocycles. The molecule has 0 aromatic rings. The van der Waals surface area contributed by atoms with Crippen molar-refractivity contribution in [3.05, 3.63) is 0 Å². The van der Waals surface area contributed by atoms with Gasteiger partial charge in [-0.15, -0.1) is 12.3 Å². The summed E-state index contributed by atoms with van der Waals surface area (Å²) in [6.45, 7) is 2.71. The Hall–Kier alpha value is -0.520. The number of nitrogens with one attached hydrogen (secondary N) is 1. The molecule has 0 amide bonds. The normalized spacial score (nSPS) is 34.9. The van der Waals surface area contributed by atoms with Crippen LogP contribution in [0.5, 0.6) is 0 Å². The van der Waals surface area contributed by atoms with Crippen molar-refractivity contribution in [3.63, 3.8) is 0 Å². The maximum absolute atomic E-state index is 9.84. The van der Waals surface area contributed by atoms with Crippen LogP contribution >= 0.6 is 0 Å². The lowest BCUT2D eigenvalue weighted by Gasteiger charge is -2.26. The van der Waals surface area contributed by atoms with E-state index in [0.717, 1.165) is 32.2 Å². The molecule has 1 saturated carbocycles. The van der Waals surface area contributed by atoms with Gasteiger partial charge in [-0.1, -0.05) is 0 Å². The minimum Gasteiger partial charge on any atom is -0.389 e. The van der Waals surface area contributed by atoms with Gasteiger partial charge in [-0.25, -0.2) is 0 Å². The van der Waals surface area contributed by atoms with Gasteiger partial charge in [0.05, 0.1) is 5.60 Å². The third kappa shape index (κ3) is 2.23. The van der Waals surface area contributed by atoms with Gasteiger partial charge in [0.1, 0.15) is 0 Å². The highest BCUT2D eigenvalue weighted by Crippen LogP contribution is 2.29. The summed E-state index contributed by atoms with van der Waals surface area (Å²) < 4.78 is 0. The lowest BCUT2D eigenvalue weighted by Crippen LogP contribution is -2.44. The molecule has 0 bridgehead atoms. The molecule has 2 atom stereocenters.